The third kappa shape index (κ3) is 4.17. The van der Waals surface area contributed by atoms with Gasteiger partial charge in [0.1, 0.15) is 0 Å². The van der Waals surface area contributed by atoms with Gasteiger partial charge in [-0.3, -0.25) is 0 Å². The van der Waals surface area contributed by atoms with E-state index in [4.69, 9.17) is 0 Å². The van der Waals surface area contributed by atoms with E-state index < -0.39 is 17.4 Å². The van der Waals surface area contributed by atoms with Crippen LogP contribution in [-0.2, 0) is 18.3 Å². The standard InChI is InChI=1S/C23H24O4/c1-5-7-15-9-11-19(17(13-15)21(24)25)23(3,4)20-12-10-16(8-6-2)14-18(20)22(26)27/h5-6,9-14H,1-2,7-8H2,3-4H3,(H,24,25)(H,26,27). The summed E-state index contributed by atoms with van der Waals surface area (Å²) in [5.41, 5.74) is 2.38. The highest BCUT2D eigenvalue weighted by atomic mass is 16.4. The Morgan fingerprint density at radius 1 is 0.852 bits per heavy atom. The summed E-state index contributed by atoms with van der Waals surface area (Å²) in [6.07, 6.45) is 4.56. The lowest BCUT2D eigenvalue weighted by atomic mass is 9.73. The van der Waals surface area contributed by atoms with Gasteiger partial charge in [-0.2, -0.15) is 0 Å². The smallest absolute Gasteiger partial charge is 0.336 e. The van der Waals surface area contributed by atoms with Gasteiger partial charge in [-0.15, -0.1) is 13.2 Å². The quantitative estimate of drug-likeness (QED) is 0.656. The Bertz CT molecular complexity index is 833. The number of hydrogen-bond acceptors (Lipinski definition) is 2. The zero-order valence-corrected chi connectivity index (χ0v) is 15.7. The topological polar surface area (TPSA) is 74.6 Å². The molecule has 0 radical (unpaired) electrons. The van der Waals surface area contributed by atoms with E-state index in [1.807, 2.05) is 26.0 Å². The Labute approximate surface area is 159 Å². The van der Waals surface area contributed by atoms with E-state index in [1.165, 1.54) is 0 Å². The second-order valence-electron chi connectivity index (χ2n) is 6.98. The first-order chi connectivity index (χ1) is 12.7. The summed E-state index contributed by atoms with van der Waals surface area (Å²) >= 11 is 0. The van der Waals surface area contributed by atoms with Crippen LogP contribution < -0.4 is 0 Å². The minimum Gasteiger partial charge on any atom is -0.478 e. The van der Waals surface area contributed by atoms with Crippen LogP contribution in [0.25, 0.3) is 0 Å². The maximum absolute atomic E-state index is 11.9. The van der Waals surface area contributed by atoms with Crippen molar-refractivity contribution in [1.29, 1.82) is 0 Å². The normalized spacial score (nSPS) is 11.0. The molecule has 0 saturated heterocycles. The number of aromatic carboxylic acids is 2. The minimum atomic E-state index is -1.04. The Balaban J connectivity index is 2.68. The summed E-state index contributed by atoms with van der Waals surface area (Å²) in [7, 11) is 0. The molecule has 2 aromatic carbocycles. The summed E-state index contributed by atoms with van der Waals surface area (Å²) in [5.74, 6) is -2.08. The van der Waals surface area contributed by atoms with Crippen LogP contribution in [0.1, 0.15) is 56.8 Å². The minimum absolute atomic E-state index is 0.172. The van der Waals surface area contributed by atoms with Crippen LogP contribution in [0.3, 0.4) is 0 Å². The highest BCUT2D eigenvalue weighted by molar-refractivity contribution is 5.92. The van der Waals surface area contributed by atoms with Gasteiger partial charge in [-0.1, -0.05) is 50.3 Å². The Morgan fingerprint density at radius 2 is 1.22 bits per heavy atom. The highest BCUT2D eigenvalue weighted by Gasteiger charge is 2.32. The van der Waals surface area contributed by atoms with Crippen LogP contribution in [0.2, 0.25) is 0 Å². The highest BCUT2D eigenvalue weighted by Crippen LogP contribution is 2.36. The molecule has 0 amide bonds. The van der Waals surface area contributed by atoms with E-state index in [9.17, 15) is 19.8 Å². The first-order valence-corrected chi connectivity index (χ1v) is 8.67. The molecule has 27 heavy (non-hydrogen) atoms. The average Bonchev–Trinajstić information content (AvgIpc) is 2.61. The number of allylic oxidation sites excluding steroid dienone is 2. The van der Waals surface area contributed by atoms with Gasteiger partial charge in [0.2, 0.25) is 0 Å². The van der Waals surface area contributed by atoms with Crippen LogP contribution in [-0.4, -0.2) is 22.2 Å². The van der Waals surface area contributed by atoms with Crippen molar-refractivity contribution in [3.05, 3.63) is 95.1 Å². The molecular formula is C23H24O4. The van der Waals surface area contributed by atoms with Crippen LogP contribution >= 0.6 is 0 Å². The zero-order valence-electron chi connectivity index (χ0n) is 15.7. The summed E-state index contributed by atoms with van der Waals surface area (Å²) in [6, 6.07) is 10.5. The SMILES string of the molecule is C=CCc1ccc(C(C)(C)c2ccc(CC=C)cc2C(=O)O)c(C(=O)O)c1. The second-order valence-corrected chi connectivity index (χ2v) is 6.98. The van der Waals surface area contributed by atoms with E-state index in [-0.39, 0.29) is 11.1 Å². The third-order valence-electron chi connectivity index (χ3n) is 4.74. The zero-order chi connectivity index (χ0) is 20.2. The maximum atomic E-state index is 11.9. The van der Waals surface area contributed by atoms with E-state index in [0.717, 1.165) is 11.1 Å². The predicted octanol–water partition coefficient (Wildman–Crippen LogP) is 4.87. The van der Waals surface area contributed by atoms with Crippen LogP contribution in [0.4, 0.5) is 0 Å². The molecule has 0 aromatic heterocycles. The average molecular weight is 364 g/mol. The largest absolute Gasteiger partial charge is 0.478 e. The number of carbonyl (C=O) groups is 2. The maximum Gasteiger partial charge on any atom is 0.336 e. The molecule has 0 spiro atoms. The number of carboxylic acid groups (broad SMARTS) is 2. The lowest BCUT2D eigenvalue weighted by Gasteiger charge is -2.29. The molecule has 0 aliphatic heterocycles. The first kappa shape index (κ1) is 20.2. The third-order valence-corrected chi connectivity index (χ3v) is 4.74. The number of rotatable bonds is 8. The van der Waals surface area contributed by atoms with E-state index in [0.29, 0.717) is 24.0 Å². The Hall–Kier alpha value is -3.14. The summed E-state index contributed by atoms with van der Waals surface area (Å²) in [6.45, 7) is 11.1. The number of hydrogen-bond donors (Lipinski definition) is 2. The van der Waals surface area contributed by atoms with Crippen LogP contribution in [0.15, 0.2) is 61.7 Å². The van der Waals surface area contributed by atoms with Gasteiger partial charge in [0.15, 0.2) is 0 Å². The van der Waals surface area contributed by atoms with Crippen molar-refractivity contribution in [2.24, 2.45) is 0 Å². The Kier molecular flexibility index (Phi) is 6.01. The van der Waals surface area contributed by atoms with Crippen molar-refractivity contribution in [3.8, 4) is 0 Å². The van der Waals surface area contributed by atoms with Crippen molar-refractivity contribution in [2.75, 3.05) is 0 Å². The lowest BCUT2D eigenvalue weighted by Crippen LogP contribution is -2.25. The monoisotopic (exact) mass is 364 g/mol. The molecule has 0 unspecified atom stereocenters. The summed E-state index contributed by atoms with van der Waals surface area (Å²) in [4.78, 5) is 23.7. The second kappa shape index (κ2) is 8.04. The fraction of sp³-hybridized carbons (Fsp3) is 0.217. The van der Waals surface area contributed by atoms with Crippen molar-refractivity contribution in [2.45, 2.75) is 32.1 Å². The molecule has 2 aromatic rings. The van der Waals surface area contributed by atoms with Crippen LogP contribution in [0.5, 0.6) is 0 Å². The summed E-state index contributed by atoms with van der Waals surface area (Å²) < 4.78 is 0. The van der Waals surface area contributed by atoms with Gasteiger partial charge >= 0.3 is 11.9 Å². The van der Waals surface area contributed by atoms with E-state index in [2.05, 4.69) is 13.2 Å². The predicted molar refractivity (Wildman–Crippen MR) is 107 cm³/mol. The van der Waals surface area contributed by atoms with Gasteiger partial charge in [0.05, 0.1) is 11.1 Å². The molecule has 0 heterocycles. The van der Waals surface area contributed by atoms with Gasteiger partial charge in [-0.25, -0.2) is 9.59 Å². The lowest BCUT2D eigenvalue weighted by molar-refractivity contribution is 0.0686. The van der Waals surface area contributed by atoms with Gasteiger partial charge in [0.25, 0.3) is 0 Å². The van der Waals surface area contributed by atoms with Crippen molar-refractivity contribution in [1.82, 2.24) is 0 Å². The molecule has 0 bridgehead atoms. The van der Waals surface area contributed by atoms with E-state index in [1.54, 1.807) is 36.4 Å². The fourth-order valence-electron chi connectivity index (χ4n) is 3.36. The molecule has 4 heteroatoms. The van der Waals surface area contributed by atoms with Crippen molar-refractivity contribution in [3.63, 3.8) is 0 Å². The van der Waals surface area contributed by atoms with Gasteiger partial charge < -0.3 is 10.2 Å². The molecule has 0 saturated carbocycles. The molecule has 0 aliphatic carbocycles. The number of carboxylic acids is 2. The fourth-order valence-corrected chi connectivity index (χ4v) is 3.36. The molecule has 0 atom stereocenters. The van der Waals surface area contributed by atoms with Gasteiger partial charge in [-0.05, 0) is 47.2 Å². The Morgan fingerprint density at radius 3 is 1.52 bits per heavy atom. The molecule has 140 valence electrons. The summed E-state index contributed by atoms with van der Waals surface area (Å²) in [5, 5.41) is 19.4. The van der Waals surface area contributed by atoms with Gasteiger partial charge in [0, 0.05) is 5.41 Å². The number of benzene rings is 2. The van der Waals surface area contributed by atoms with Crippen LogP contribution in [0, 0.1) is 0 Å². The first-order valence-electron chi connectivity index (χ1n) is 8.67. The molecule has 0 fully saturated rings. The molecule has 2 N–H and O–H groups in total. The van der Waals surface area contributed by atoms with Crippen molar-refractivity contribution >= 4 is 11.9 Å². The van der Waals surface area contributed by atoms with Crippen molar-refractivity contribution < 1.29 is 19.8 Å². The molecular weight excluding hydrogens is 340 g/mol. The molecule has 0 aliphatic rings. The van der Waals surface area contributed by atoms with E-state index >= 15 is 0 Å². The molecule has 4 nitrogen and oxygen atoms in total. The molecule has 2 rings (SSSR count).